The molecule has 0 amide bonds. The van der Waals surface area contributed by atoms with E-state index in [2.05, 4.69) is 6.58 Å². The monoisotopic (exact) mass is 226 g/mol. The van der Waals surface area contributed by atoms with Crippen LogP contribution in [0.5, 0.6) is 5.75 Å². The summed E-state index contributed by atoms with van der Waals surface area (Å²) in [5.74, 6) is -1.57. The summed E-state index contributed by atoms with van der Waals surface area (Å²) >= 11 is 0. The molecule has 0 heterocycles. The lowest BCUT2D eigenvalue weighted by molar-refractivity contribution is 0.276. The highest BCUT2D eigenvalue weighted by molar-refractivity contribution is 5.25. The Morgan fingerprint density at radius 1 is 1.12 bits per heavy atom. The third-order valence-corrected chi connectivity index (χ3v) is 2.22. The van der Waals surface area contributed by atoms with Gasteiger partial charge in [0.25, 0.3) is 0 Å². The zero-order valence-corrected chi connectivity index (χ0v) is 9.22. The summed E-state index contributed by atoms with van der Waals surface area (Å²) in [7, 11) is 0. The van der Waals surface area contributed by atoms with Crippen molar-refractivity contribution >= 4 is 0 Å². The summed E-state index contributed by atoms with van der Waals surface area (Å²) < 4.78 is 31.3. The van der Waals surface area contributed by atoms with Gasteiger partial charge < -0.3 is 4.74 Å². The Kier molecular flexibility index (Phi) is 5.54. The van der Waals surface area contributed by atoms with Gasteiger partial charge in [-0.15, -0.1) is 6.58 Å². The Labute approximate surface area is 94.7 Å². The third-order valence-electron chi connectivity index (χ3n) is 2.22. The summed E-state index contributed by atoms with van der Waals surface area (Å²) in [6.07, 6.45) is 5.63. The van der Waals surface area contributed by atoms with E-state index in [0.717, 1.165) is 25.7 Å². The van der Waals surface area contributed by atoms with E-state index < -0.39 is 11.6 Å². The van der Waals surface area contributed by atoms with E-state index in [-0.39, 0.29) is 5.75 Å². The fourth-order valence-electron chi connectivity index (χ4n) is 1.36. The minimum atomic E-state index is -0.647. The number of ether oxygens (including phenoxy) is 1. The zero-order valence-electron chi connectivity index (χ0n) is 9.22. The van der Waals surface area contributed by atoms with Crippen LogP contribution in [-0.4, -0.2) is 6.61 Å². The van der Waals surface area contributed by atoms with E-state index in [1.54, 1.807) is 0 Å². The van der Waals surface area contributed by atoms with E-state index in [9.17, 15) is 8.78 Å². The molecule has 0 aliphatic carbocycles. The van der Waals surface area contributed by atoms with Gasteiger partial charge in [-0.3, -0.25) is 0 Å². The average Bonchev–Trinajstić information content (AvgIpc) is 2.26. The van der Waals surface area contributed by atoms with Crippen molar-refractivity contribution in [2.24, 2.45) is 0 Å². The van der Waals surface area contributed by atoms with Crippen LogP contribution in [-0.2, 0) is 0 Å². The van der Waals surface area contributed by atoms with E-state index in [4.69, 9.17) is 4.74 Å². The molecule has 1 rings (SSSR count). The molecule has 0 unspecified atom stereocenters. The van der Waals surface area contributed by atoms with Crippen molar-refractivity contribution in [1.82, 2.24) is 0 Å². The van der Waals surface area contributed by atoms with E-state index in [1.807, 2.05) is 6.08 Å². The molecule has 1 aromatic carbocycles. The lowest BCUT2D eigenvalue weighted by Gasteiger charge is -2.07. The third kappa shape index (κ3) is 4.01. The van der Waals surface area contributed by atoms with E-state index in [0.29, 0.717) is 6.61 Å². The van der Waals surface area contributed by atoms with Gasteiger partial charge in [0.2, 0.25) is 0 Å². The van der Waals surface area contributed by atoms with Crippen LogP contribution in [0.4, 0.5) is 8.78 Å². The summed E-state index contributed by atoms with van der Waals surface area (Å²) in [6.45, 7) is 3.96. The van der Waals surface area contributed by atoms with Crippen LogP contribution in [0.15, 0.2) is 30.9 Å². The van der Waals surface area contributed by atoms with Gasteiger partial charge in [0.05, 0.1) is 6.61 Å². The van der Waals surface area contributed by atoms with Crippen molar-refractivity contribution in [3.63, 3.8) is 0 Å². The minimum Gasteiger partial charge on any atom is -0.488 e. The molecule has 0 saturated heterocycles. The summed E-state index contributed by atoms with van der Waals surface area (Å²) in [4.78, 5) is 0. The first-order valence-corrected chi connectivity index (χ1v) is 5.43. The molecular weight excluding hydrogens is 210 g/mol. The maximum Gasteiger partial charge on any atom is 0.190 e. The second kappa shape index (κ2) is 6.99. The van der Waals surface area contributed by atoms with Gasteiger partial charge in [-0.05, 0) is 37.8 Å². The standard InChI is InChI=1S/C13H16F2O/c1-2-3-4-5-6-10-16-13-11(14)8-7-9-12(13)15/h2,7-9H,1,3-6,10H2. The van der Waals surface area contributed by atoms with Crippen molar-refractivity contribution in [3.8, 4) is 5.75 Å². The predicted octanol–water partition coefficient (Wildman–Crippen LogP) is 4.09. The maximum absolute atomic E-state index is 13.1. The summed E-state index contributed by atoms with van der Waals surface area (Å²) in [5, 5.41) is 0. The molecule has 3 heteroatoms. The van der Waals surface area contributed by atoms with Crippen LogP contribution < -0.4 is 4.74 Å². The van der Waals surface area contributed by atoms with Gasteiger partial charge in [-0.25, -0.2) is 8.78 Å². The molecule has 1 aromatic rings. The molecule has 0 aliphatic rings. The zero-order chi connectivity index (χ0) is 11.8. The van der Waals surface area contributed by atoms with Crippen molar-refractivity contribution in [2.45, 2.75) is 25.7 Å². The molecule has 88 valence electrons. The first kappa shape index (κ1) is 12.7. The van der Waals surface area contributed by atoms with Crippen LogP contribution in [0.2, 0.25) is 0 Å². The molecule has 0 fully saturated rings. The van der Waals surface area contributed by atoms with Crippen molar-refractivity contribution < 1.29 is 13.5 Å². The highest BCUT2D eigenvalue weighted by Crippen LogP contribution is 2.21. The van der Waals surface area contributed by atoms with Gasteiger partial charge in [0.1, 0.15) is 0 Å². The number of allylic oxidation sites excluding steroid dienone is 1. The summed E-state index contributed by atoms with van der Waals surface area (Å²) in [6, 6.07) is 3.70. The fraction of sp³-hybridized carbons (Fsp3) is 0.385. The molecule has 0 aromatic heterocycles. The Morgan fingerprint density at radius 2 is 1.81 bits per heavy atom. The number of rotatable bonds is 7. The highest BCUT2D eigenvalue weighted by atomic mass is 19.1. The molecular formula is C13H16F2O. The van der Waals surface area contributed by atoms with E-state index >= 15 is 0 Å². The number of hydrogen-bond donors (Lipinski definition) is 0. The largest absolute Gasteiger partial charge is 0.488 e. The Bertz CT molecular complexity index is 316. The van der Waals surface area contributed by atoms with Crippen LogP contribution in [0.3, 0.4) is 0 Å². The lowest BCUT2D eigenvalue weighted by atomic mass is 10.2. The van der Waals surface area contributed by atoms with Crippen LogP contribution >= 0.6 is 0 Å². The Balaban J connectivity index is 2.29. The molecule has 0 saturated carbocycles. The first-order chi connectivity index (χ1) is 7.75. The highest BCUT2D eigenvalue weighted by Gasteiger charge is 2.08. The molecule has 0 radical (unpaired) electrons. The van der Waals surface area contributed by atoms with Gasteiger partial charge in [-0.1, -0.05) is 12.1 Å². The number of unbranched alkanes of at least 4 members (excludes halogenated alkanes) is 3. The van der Waals surface area contributed by atoms with Crippen LogP contribution in [0.1, 0.15) is 25.7 Å². The molecule has 1 nitrogen and oxygen atoms in total. The van der Waals surface area contributed by atoms with E-state index in [1.165, 1.54) is 18.2 Å². The van der Waals surface area contributed by atoms with Crippen LogP contribution in [0.25, 0.3) is 0 Å². The van der Waals surface area contributed by atoms with Gasteiger partial charge in [-0.2, -0.15) is 0 Å². The normalized spacial score (nSPS) is 10.1. The maximum atomic E-state index is 13.1. The predicted molar refractivity (Wildman–Crippen MR) is 60.5 cm³/mol. The molecule has 0 spiro atoms. The lowest BCUT2D eigenvalue weighted by Crippen LogP contribution is -2.01. The number of benzene rings is 1. The number of hydrogen-bond acceptors (Lipinski definition) is 1. The quantitative estimate of drug-likeness (QED) is 0.502. The summed E-state index contributed by atoms with van der Waals surface area (Å²) in [5.41, 5.74) is 0. The minimum absolute atomic E-state index is 0.272. The van der Waals surface area contributed by atoms with Crippen molar-refractivity contribution in [2.75, 3.05) is 6.61 Å². The molecule has 0 atom stereocenters. The molecule has 16 heavy (non-hydrogen) atoms. The fourth-order valence-corrected chi connectivity index (χ4v) is 1.36. The van der Waals surface area contributed by atoms with Gasteiger partial charge >= 0.3 is 0 Å². The average molecular weight is 226 g/mol. The topological polar surface area (TPSA) is 9.23 Å². The smallest absolute Gasteiger partial charge is 0.190 e. The van der Waals surface area contributed by atoms with Gasteiger partial charge in [0.15, 0.2) is 17.4 Å². The van der Waals surface area contributed by atoms with Crippen molar-refractivity contribution in [3.05, 3.63) is 42.5 Å². The van der Waals surface area contributed by atoms with Gasteiger partial charge in [0, 0.05) is 0 Å². The Morgan fingerprint density at radius 3 is 2.44 bits per heavy atom. The second-order valence-corrected chi connectivity index (χ2v) is 3.54. The number of para-hydroxylation sites is 1. The first-order valence-electron chi connectivity index (χ1n) is 5.43. The van der Waals surface area contributed by atoms with Crippen LogP contribution in [0, 0.1) is 11.6 Å². The molecule has 0 aliphatic heterocycles. The number of halogens is 2. The SMILES string of the molecule is C=CCCCCCOc1c(F)cccc1F. The molecule has 0 N–H and O–H groups in total. The van der Waals surface area contributed by atoms with Crippen molar-refractivity contribution in [1.29, 1.82) is 0 Å². The molecule has 0 bridgehead atoms. The Hall–Kier alpha value is -1.38. The second-order valence-electron chi connectivity index (χ2n) is 3.54.